The Morgan fingerprint density at radius 3 is 2.25 bits per heavy atom. The summed E-state index contributed by atoms with van der Waals surface area (Å²) in [6.45, 7) is 11.4. The fraction of sp³-hybridized carbons (Fsp3) is 1.00. The van der Waals surface area contributed by atoms with Gasteiger partial charge in [-0.1, -0.05) is 20.8 Å². The molecule has 0 aromatic carbocycles. The van der Waals surface area contributed by atoms with Crippen molar-refractivity contribution < 1.29 is 9.47 Å². The maximum atomic E-state index is 6.24. The molecule has 1 aliphatic rings. The molecule has 0 heterocycles. The molecule has 1 saturated carbocycles. The van der Waals surface area contributed by atoms with E-state index in [1.807, 2.05) is 0 Å². The summed E-state index contributed by atoms with van der Waals surface area (Å²) < 4.78 is 10.5. The molecule has 2 atom stereocenters. The molecule has 20 heavy (non-hydrogen) atoms. The molecule has 4 nitrogen and oxygen atoms in total. The highest BCUT2D eigenvalue weighted by Gasteiger charge is 2.50. The van der Waals surface area contributed by atoms with E-state index in [0.717, 1.165) is 39.3 Å². The van der Waals surface area contributed by atoms with E-state index in [2.05, 4.69) is 25.7 Å². The minimum Gasteiger partial charge on any atom is -0.385 e. The lowest BCUT2D eigenvalue weighted by Crippen LogP contribution is -2.57. The van der Waals surface area contributed by atoms with E-state index in [0.29, 0.717) is 11.3 Å². The Morgan fingerprint density at radius 1 is 1.15 bits per heavy atom. The summed E-state index contributed by atoms with van der Waals surface area (Å²) in [7, 11) is 3.53. The third-order valence-electron chi connectivity index (χ3n) is 4.89. The van der Waals surface area contributed by atoms with E-state index in [4.69, 9.17) is 15.2 Å². The van der Waals surface area contributed by atoms with Gasteiger partial charge in [0, 0.05) is 46.0 Å². The summed E-state index contributed by atoms with van der Waals surface area (Å²) in [6.07, 6.45) is 3.47. The third-order valence-corrected chi connectivity index (χ3v) is 4.89. The van der Waals surface area contributed by atoms with Crippen molar-refractivity contribution in [1.29, 1.82) is 0 Å². The first-order chi connectivity index (χ1) is 9.41. The number of nitrogens with zero attached hydrogens (tertiary/aromatic N) is 1. The average molecular weight is 286 g/mol. The second-order valence-electron chi connectivity index (χ2n) is 7.08. The zero-order valence-corrected chi connectivity index (χ0v) is 14.1. The van der Waals surface area contributed by atoms with Crippen LogP contribution in [0.3, 0.4) is 0 Å². The summed E-state index contributed by atoms with van der Waals surface area (Å²) in [5.41, 5.74) is 6.74. The lowest BCUT2D eigenvalue weighted by Gasteiger charge is -2.44. The molecular weight excluding hydrogens is 252 g/mol. The number of nitrogens with two attached hydrogens (primary N) is 1. The van der Waals surface area contributed by atoms with Crippen LogP contribution in [0, 0.1) is 11.3 Å². The van der Waals surface area contributed by atoms with Gasteiger partial charge in [0.15, 0.2) is 0 Å². The van der Waals surface area contributed by atoms with Crippen LogP contribution >= 0.6 is 0 Å². The number of methoxy groups -OCH3 is 2. The molecule has 0 aliphatic heterocycles. The second kappa shape index (κ2) is 7.74. The monoisotopic (exact) mass is 286 g/mol. The molecule has 0 amide bonds. The highest BCUT2D eigenvalue weighted by molar-refractivity contribution is 5.06. The van der Waals surface area contributed by atoms with Crippen LogP contribution in [-0.4, -0.2) is 57.5 Å². The topological polar surface area (TPSA) is 47.7 Å². The van der Waals surface area contributed by atoms with E-state index in [9.17, 15) is 0 Å². The molecular formula is C16H34N2O2. The van der Waals surface area contributed by atoms with E-state index >= 15 is 0 Å². The molecule has 1 aliphatic carbocycles. The summed E-state index contributed by atoms with van der Waals surface area (Å²) in [5.74, 6) is 0.627. The first kappa shape index (κ1) is 17.9. The lowest BCUT2D eigenvalue weighted by molar-refractivity contribution is 0.0276. The van der Waals surface area contributed by atoms with Gasteiger partial charge < -0.3 is 15.2 Å². The molecule has 0 aromatic heterocycles. The number of ether oxygens (including phenoxy) is 2. The zero-order valence-electron chi connectivity index (χ0n) is 14.1. The second-order valence-corrected chi connectivity index (χ2v) is 7.08. The van der Waals surface area contributed by atoms with Crippen LogP contribution in [0.4, 0.5) is 0 Å². The number of rotatable bonds is 9. The van der Waals surface area contributed by atoms with Crippen LogP contribution in [0.5, 0.6) is 0 Å². The van der Waals surface area contributed by atoms with Crippen molar-refractivity contribution in [3.8, 4) is 0 Å². The largest absolute Gasteiger partial charge is 0.385 e. The predicted octanol–water partition coefficient (Wildman–Crippen LogP) is 2.12. The van der Waals surface area contributed by atoms with Crippen LogP contribution in [0.2, 0.25) is 0 Å². The van der Waals surface area contributed by atoms with E-state index in [-0.39, 0.29) is 5.54 Å². The van der Waals surface area contributed by atoms with Crippen LogP contribution in [-0.2, 0) is 9.47 Å². The van der Waals surface area contributed by atoms with Crippen LogP contribution in [0.25, 0.3) is 0 Å². The zero-order chi connectivity index (χ0) is 15.2. The Morgan fingerprint density at radius 2 is 1.80 bits per heavy atom. The van der Waals surface area contributed by atoms with Crippen molar-refractivity contribution in [2.75, 3.05) is 47.1 Å². The summed E-state index contributed by atoms with van der Waals surface area (Å²) in [6, 6.07) is 0. The maximum absolute atomic E-state index is 6.24. The molecule has 1 rings (SSSR count). The van der Waals surface area contributed by atoms with Gasteiger partial charge in [-0.2, -0.15) is 0 Å². The Kier molecular flexibility index (Phi) is 6.92. The standard InChI is InChI=1S/C16H34N2O2/c1-14-11-15(2,3)12-16(14,13-17)18(8-10-20-5)7-6-9-19-4/h14H,6-13,17H2,1-5H3. The molecule has 0 spiro atoms. The van der Waals surface area contributed by atoms with E-state index in [1.165, 1.54) is 12.8 Å². The molecule has 0 bridgehead atoms. The van der Waals surface area contributed by atoms with Gasteiger partial charge in [0.25, 0.3) is 0 Å². The summed E-state index contributed by atoms with van der Waals surface area (Å²) in [5, 5.41) is 0. The van der Waals surface area contributed by atoms with E-state index < -0.39 is 0 Å². The summed E-state index contributed by atoms with van der Waals surface area (Å²) in [4.78, 5) is 2.56. The van der Waals surface area contributed by atoms with Crippen molar-refractivity contribution in [2.45, 2.75) is 45.6 Å². The van der Waals surface area contributed by atoms with Crippen molar-refractivity contribution in [1.82, 2.24) is 4.90 Å². The Hall–Kier alpha value is -0.160. The first-order valence-corrected chi connectivity index (χ1v) is 7.85. The van der Waals surface area contributed by atoms with Gasteiger partial charge in [0.1, 0.15) is 0 Å². The minimum atomic E-state index is 0.121. The number of hydrogen-bond acceptors (Lipinski definition) is 4. The van der Waals surface area contributed by atoms with Gasteiger partial charge in [-0.15, -0.1) is 0 Å². The number of hydrogen-bond donors (Lipinski definition) is 1. The summed E-state index contributed by atoms with van der Waals surface area (Å²) >= 11 is 0. The molecule has 0 saturated heterocycles. The third kappa shape index (κ3) is 4.17. The van der Waals surface area contributed by atoms with Crippen molar-refractivity contribution >= 4 is 0 Å². The average Bonchev–Trinajstić information content (AvgIpc) is 2.63. The van der Waals surface area contributed by atoms with Crippen LogP contribution < -0.4 is 5.73 Å². The lowest BCUT2D eigenvalue weighted by atomic mass is 9.84. The van der Waals surface area contributed by atoms with Crippen molar-refractivity contribution in [2.24, 2.45) is 17.1 Å². The smallest absolute Gasteiger partial charge is 0.0589 e. The molecule has 120 valence electrons. The van der Waals surface area contributed by atoms with E-state index in [1.54, 1.807) is 14.2 Å². The minimum absolute atomic E-state index is 0.121. The van der Waals surface area contributed by atoms with Gasteiger partial charge in [-0.3, -0.25) is 4.90 Å². The Labute approximate surface area is 125 Å². The highest BCUT2D eigenvalue weighted by atomic mass is 16.5. The first-order valence-electron chi connectivity index (χ1n) is 7.85. The van der Waals surface area contributed by atoms with Crippen molar-refractivity contribution in [3.05, 3.63) is 0 Å². The fourth-order valence-electron chi connectivity index (χ4n) is 4.08. The SMILES string of the molecule is COCCCN(CCOC)C1(CN)CC(C)(C)CC1C. The Balaban J connectivity index is 2.83. The molecule has 2 N–H and O–H groups in total. The molecule has 1 fully saturated rings. The maximum Gasteiger partial charge on any atom is 0.0589 e. The van der Waals surface area contributed by atoms with Crippen LogP contribution in [0.1, 0.15) is 40.0 Å². The molecule has 4 heteroatoms. The van der Waals surface area contributed by atoms with Gasteiger partial charge >= 0.3 is 0 Å². The Bertz CT molecular complexity index is 284. The van der Waals surface area contributed by atoms with Gasteiger partial charge in [0.2, 0.25) is 0 Å². The predicted molar refractivity (Wildman–Crippen MR) is 83.9 cm³/mol. The molecule has 0 radical (unpaired) electrons. The fourth-order valence-corrected chi connectivity index (χ4v) is 4.08. The molecule has 0 aromatic rings. The highest BCUT2D eigenvalue weighted by Crippen LogP contribution is 2.49. The van der Waals surface area contributed by atoms with Gasteiger partial charge in [-0.25, -0.2) is 0 Å². The molecule has 2 unspecified atom stereocenters. The van der Waals surface area contributed by atoms with Gasteiger partial charge in [0.05, 0.1) is 6.61 Å². The van der Waals surface area contributed by atoms with Crippen LogP contribution in [0.15, 0.2) is 0 Å². The van der Waals surface area contributed by atoms with Crippen molar-refractivity contribution in [3.63, 3.8) is 0 Å². The van der Waals surface area contributed by atoms with Gasteiger partial charge in [-0.05, 0) is 30.6 Å². The normalized spacial score (nSPS) is 29.2. The quantitative estimate of drug-likeness (QED) is 0.660.